The SMILES string of the molecule is CC1=Cc2c(ccc(C(C)C)c2C(C)C)[CH]1[Zr]([CH]1C(C)=Cc2c1ccc(C(C)C)c2C(C)C)[SiH](C)C. The van der Waals surface area contributed by atoms with Crippen LogP contribution in [0.15, 0.2) is 35.4 Å². The zero-order chi connectivity index (χ0) is 26.6. The molecule has 0 saturated carbocycles. The quantitative estimate of drug-likeness (QED) is 0.288. The predicted octanol–water partition coefficient (Wildman–Crippen LogP) is 10.4. The van der Waals surface area contributed by atoms with Crippen LogP contribution in [-0.2, 0) is 20.9 Å². The van der Waals surface area contributed by atoms with Crippen molar-refractivity contribution < 1.29 is 20.9 Å². The summed E-state index contributed by atoms with van der Waals surface area (Å²) in [7, 11) is 0. The molecule has 0 heterocycles. The molecule has 0 nitrogen and oxygen atoms in total. The maximum absolute atomic E-state index is 2.68. The second-order valence-electron chi connectivity index (χ2n) is 13.1. The van der Waals surface area contributed by atoms with E-state index in [1.165, 1.54) is 0 Å². The average Bonchev–Trinajstić information content (AvgIpc) is 3.28. The van der Waals surface area contributed by atoms with Crippen molar-refractivity contribution in [3.05, 3.63) is 79.9 Å². The molecule has 2 heteroatoms. The molecule has 0 radical (unpaired) electrons. The van der Waals surface area contributed by atoms with Gasteiger partial charge < -0.3 is 0 Å². The summed E-state index contributed by atoms with van der Waals surface area (Å²) in [4.78, 5) is 0. The normalized spacial score (nSPS) is 19.0. The Bertz CT molecular complexity index is 1120. The first-order valence-corrected chi connectivity index (χ1v) is 24.4. The molecular weight excluding hydrogens is 528 g/mol. The molecule has 4 rings (SSSR count). The molecule has 0 spiro atoms. The summed E-state index contributed by atoms with van der Waals surface area (Å²) in [5.41, 5.74) is 16.3. The van der Waals surface area contributed by atoms with Crippen LogP contribution in [0.3, 0.4) is 0 Å². The summed E-state index contributed by atoms with van der Waals surface area (Å²) < 4.78 is 1.47. The van der Waals surface area contributed by atoms with Gasteiger partial charge in [0.2, 0.25) is 0 Å². The van der Waals surface area contributed by atoms with Gasteiger partial charge in [-0.2, -0.15) is 0 Å². The fourth-order valence-electron chi connectivity index (χ4n) is 7.29. The van der Waals surface area contributed by atoms with Gasteiger partial charge >= 0.3 is 232 Å². The van der Waals surface area contributed by atoms with Crippen molar-refractivity contribution in [2.75, 3.05) is 0 Å². The van der Waals surface area contributed by atoms with Crippen LogP contribution in [0.5, 0.6) is 0 Å². The summed E-state index contributed by atoms with van der Waals surface area (Å²) in [6.07, 6.45) is 5.24. The van der Waals surface area contributed by atoms with Crippen molar-refractivity contribution in [1.29, 1.82) is 0 Å². The number of fused-ring (bicyclic) bond motifs is 2. The third-order valence-electron chi connectivity index (χ3n) is 8.72. The molecule has 0 aromatic heterocycles. The van der Waals surface area contributed by atoms with Gasteiger partial charge in [-0.1, -0.05) is 0 Å². The summed E-state index contributed by atoms with van der Waals surface area (Å²) in [5, 5.41) is 0. The molecule has 2 unspecified atom stereocenters. The average molecular weight is 577 g/mol. The minimum absolute atomic E-state index is 0.570. The molecule has 0 aliphatic heterocycles. The van der Waals surface area contributed by atoms with Gasteiger partial charge in [-0.05, 0) is 0 Å². The van der Waals surface area contributed by atoms with E-state index in [1.54, 1.807) is 55.7 Å². The van der Waals surface area contributed by atoms with E-state index in [-0.39, 0.29) is 0 Å². The van der Waals surface area contributed by atoms with Crippen LogP contribution in [-0.4, -0.2) is 5.92 Å². The van der Waals surface area contributed by atoms with Crippen molar-refractivity contribution in [3.8, 4) is 0 Å². The van der Waals surface area contributed by atoms with Crippen LogP contribution in [0.4, 0.5) is 0 Å². The molecule has 2 aromatic rings. The Balaban J connectivity index is 1.89. The Hall–Kier alpha value is -0.980. The van der Waals surface area contributed by atoms with Crippen LogP contribution in [0, 0.1) is 0 Å². The molecule has 193 valence electrons. The van der Waals surface area contributed by atoms with Crippen LogP contribution >= 0.6 is 0 Å². The zero-order valence-corrected chi connectivity index (χ0v) is 28.6. The number of rotatable bonds is 7. The number of hydrogen-bond donors (Lipinski definition) is 0. The molecule has 2 atom stereocenters. The molecule has 2 aliphatic rings. The molecule has 2 aromatic carbocycles. The van der Waals surface area contributed by atoms with Gasteiger partial charge in [0.1, 0.15) is 0 Å². The van der Waals surface area contributed by atoms with Crippen LogP contribution in [0.25, 0.3) is 12.2 Å². The fourth-order valence-corrected chi connectivity index (χ4v) is 30.5. The molecule has 0 amide bonds. The second-order valence-corrected chi connectivity index (χ2v) is 33.1. The van der Waals surface area contributed by atoms with Gasteiger partial charge in [0.25, 0.3) is 0 Å². The predicted molar refractivity (Wildman–Crippen MR) is 161 cm³/mol. The molecule has 0 N–H and O–H groups in total. The van der Waals surface area contributed by atoms with Crippen molar-refractivity contribution >= 4 is 18.1 Å². The molecular formula is C34H49SiZr. The summed E-state index contributed by atoms with van der Waals surface area (Å²) in [6, 6.07) is 10.1. The zero-order valence-electron chi connectivity index (χ0n) is 25.0. The first kappa shape index (κ1) is 28.0. The van der Waals surface area contributed by atoms with Gasteiger partial charge in [0.15, 0.2) is 0 Å². The fraction of sp³-hybridized carbons (Fsp3) is 0.529. The Morgan fingerprint density at radius 3 is 1.22 bits per heavy atom. The third-order valence-corrected chi connectivity index (χ3v) is 30.9. The Morgan fingerprint density at radius 1 is 0.583 bits per heavy atom. The summed E-state index contributed by atoms with van der Waals surface area (Å²) in [5.74, 6) is 1.48. The standard InChI is InChI=1S/2C16H21.C2H7Si.Zr/c2*1-10(2)14-7-6-13-8-12(5)9-15(13)16(14)11(3)4;1-3-2;/h2*6-11H,1-5H3;3H,1-2H3;. The Kier molecular flexibility index (Phi) is 8.29. The Labute approximate surface area is 230 Å². The summed E-state index contributed by atoms with van der Waals surface area (Å²) in [6.45, 7) is 29.3. The number of allylic oxidation sites excluding steroid dienone is 2. The Morgan fingerprint density at radius 2 is 0.944 bits per heavy atom. The van der Waals surface area contributed by atoms with E-state index in [1.807, 2.05) is 0 Å². The van der Waals surface area contributed by atoms with Gasteiger partial charge in [-0.25, -0.2) is 0 Å². The van der Waals surface area contributed by atoms with Crippen LogP contribution < -0.4 is 0 Å². The number of hydrogen-bond acceptors (Lipinski definition) is 0. The monoisotopic (exact) mass is 575 g/mol. The minimum atomic E-state index is -1.96. The molecule has 2 aliphatic carbocycles. The summed E-state index contributed by atoms with van der Waals surface area (Å²) >= 11 is -1.96. The molecule has 0 bridgehead atoms. The van der Waals surface area contributed by atoms with Gasteiger partial charge in [0.05, 0.1) is 0 Å². The molecule has 0 fully saturated rings. The first-order chi connectivity index (χ1) is 16.9. The van der Waals surface area contributed by atoms with Gasteiger partial charge in [-0.15, -0.1) is 0 Å². The first-order valence-electron chi connectivity index (χ1n) is 14.4. The van der Waals surface area contributed by atoms with E-state index >= 15 is 0 Å². The van der Waals surface area contributed by atoms with E-state index in [0.29, 0.717) is 23.7 Å². The van der Waals surface area contributed by atoms with E-state index < -0.39 is 26.8 Å². The van der Waals surface area contributed by atoms with E-state index in [2.05, 4.69) is 119 Å². The molecule has 36 heavy (non-hydrogen) atoms. The van der Waals surface area contributed by atoms with Crippen molar-refractivity contribution in [1.82, 2.24) is 0 Å². The van der Waals surface area contributed by atoms with Gasteiger partial charge in [0, 0.05) is 0 Å². The van der Waals surface area contributed by atoms with Crippen molar-refractivity contribution in [3.63, 3.8) is 0 Å². The second kappa shape index (κ2) is 10.6. The van der Waals surface area contributed by atoms with Gasteiger partial charge in [-0.3, -0.25) is 0 Å². The number of benzene rings is 2. The molecule has 0 saturated heterocycles. The van der Waals surface area contributed by atoms with E-state index in [0.717, 1.165) is 7.25 Å². The van der Waals surface area contributed by atoms with Crippen molar-refractivity contribution in [2.45, 2.75) is 113 Å². The topological polar surface area (TPSA) is 0 Å². The van der Waals surface area contributed by atoms with Crippen LogP contribution in [0.1, 0.15) is 145 Å². The van der Waals surface area contributed by atoms with Crippen molar-refractivity contribution in [2.24, 2.45) is 0 Å². The van der Waals surface area contributed by atoms with Crippen LogP contribution in [0.2, 0.25) is 13.1 Å². The van der Waals surface area contributed by atoms with E-state index in [4.69, 9.17) is 0 Å². The van der Waals surface area contributed by atoms with E-state index in [9.17, 15) is 0 Å². The maximum atomic E-state index is 2.68. The third kappa shape index (κ3) is 4.68.